The summed E-state index contributed by atoms with van der Waals surface area (Å²) in [6.45, 7) is 3.38. The average Bonchev–Trinajstić information content (AvgIpc) is 2.29. The van der Waals surface area contributed by atoms with Crippen LogP contribution in [0.25, 0.3) is 0 Å². The van der Waals surface area contributed by atoms with Crippen molar-refractivity contribution in [3.05, 3.63) is 0 Å². The lowest BCUT2D eigenvalue weighted by atomic mass is 10.0. The van der Waals surface area contributed by atoms with Gasteiger partial charge in [-0.1, -0.05) is 0 Å². The van der Waals surface area contributed by atoms with E-state index in [9.17, 15) is 19.5 Å². The van der Waals surface area contributed by atoms with E-state index in [1.165, 1.54) is 20.8 Å². The Morgan fingerprint density at radius 2 is 1.70 bits per heavy atom. The molecule has 1 aliphatic rings. The Morgan fingerprint density at radius 3 is 2.20 bits per heavy atom. The Bertz CT molecular complexity index is 380. The van der Waals surface area contributed by atoms with E-state index >= 15 is 0 Å². The molecule has 114 valence electrons. The number of aliphatic hydroxyl groups is 1. The minimum atomic E-state index is -1.18. The molecular weight excluding hydrogens is 272 g/mol. The zero-order valence-corrected chi connectivity index (χ0v) is 11.5. The maximum atomic E-state index is 11.0. The van der Waals surface area contributed by atoms with Gasteiger partial charge < -0.3 is 24.1 Å². The minimum absolute atomic E-state index is 0.0108. The zero-order valence-electron chi connectivity index (χ0n) is 11.5. The highest BCUT2D eigenvalue weighted by atomic mass is 16.7. The van der Waals surface area contributed by atoms with E-state index < -0.39 is 42.5 Å². The molecule has 1 N–H and O–H groups in total. The number of ether oxygens (including phenoxy) is 4. The minimum Gasteiger partial charge on any atom is -0.463 e. The standard InChI is InChI=1S/C12H18O8/c1-6(13)17-5-10-12(16)9(18-7(2)14)4-11(20-10)19-8(3)15/h9-12,16H,4-5H2,1-3H3/t9-,10-,11?,12+/m1/s1. The topological polar surface area (TPSA) is 108 Å². The molecule has 8 heteroatoms. The molecule has 0 radical (unpaired) electrons. The van der Waals surface area contributed by atoms with Gasteiger partial charge in [0.1, 0.15) is 24.9 Å². The van der Waals surface area contributed by atoms with E-state index in [0.717, 1.165) is 0 Å². The molecule has 0 aromatic heterocycles. The van der Waals surface area contributed by atoms with Crippen molar-refractivity contribution in [1.29, 1.82) is 0 Å². The molecule has 0 bridgehead atoms. The molecule has 0 saturated carbocycles. The van der Waals surface area contributed by atoms with Crippen molar-refractivity contribution >= 4 is 17.9 Å². The molecule has 1 heterocycles. The van der Waals surface area contributed by atoms with Crippen molar-refractivity contribution < 1.29 is 38.4 Å². The SMILES string of the molecule is CC(=O)OC[C@H]1OC(OC(C)=O)C[C@@H](OC(C)=O)[C@@H]1O. The average molecular weight is 290 g/mol. The predicted molar refractivity (Wildman–Crippen MR) is 63.2 cm³/mol. The van der Waals surface area contributed by atoms with Gasteiger partial charge in [0.2, 0.25) is 6.29 Å². The first-order valence-electron chi connectivity index (χ1n) is 6.11. The molecule has 0 aromatic rings. The first-order chi connectivity index (χ1) is 9.29. The highest BCUT2D eigenvalue weighted by molar-refractivity contribution is 5.67. The summed E-state index contributed by atoms with van der Waals surface area (Å²) in [4.78, 5) is 32.7. The number of carbonyl (C=O) groups is 3. The fourth-order valence-electron chi connectivity index (χ4n) is 1.83. The molecule has 1 rings (SSSR count). The van der Waals surface area contributed by atoms with Gasteiger partial charge in [0, 0.05) is 20.8 Å². The van der Waals surface area contributed by atoms with Crippen molar-refractivity contribution in [3.63, 3.8) is 0 Å². The zero-order chi connectivity index (χ0) is 15.3. The Kier molecular flexibility index (Phi) is 5.90. The molecule has 1 unspecified atom stereocenters. The molecule has 1 aliphatic heterocycles. The summed E-state index contributed by atoms with van der Waals surface area (Å²) in [7, 11) is 0. The third-order valence-corrected chi connectivity index (χ3v) is 2.58. The van der Waals surface area contributed by atoms with Crippen LogP contribution in [0.5, 0.6) is 0 Å². The molecule has 1 fully saturated rings. The smallest absolute Gasteiger partial charge is 0.304 e. The van der Waals surface area contributed by atoms with Crippen LogP contribution in [0.2, 0.25) is 0 Å². The second kappa shape index (κ2) is 7.20. The third kappa shape index (κ3) is 5.14. The van der Waals surface area contributed by atoms with Crippen molar-refractivity contribution in [3.8, 4) is 0 Å². The molecule has 0 amide bonds. The Morgan fingerprint density at radius 1 is 1.10 bits per heavy atom. The Labute approximate surface area is 115 Å². The normalized spacial score (nSPS) is 29.4. The second-order valence-corrected chi connectivity index (χ2v) is 4.39. The summed E-state index contributed by atoms with van der Waals surface area (Å²) in [5, 5.41) is 10.0. The number of hydrogen-bond donors (Lipinski definition) is 1. The Balaban J connectivity index is 2.72. The lowest BCUT2D eigenvalue weighted by Gasteiger charge is -2.37. The number of hydrogen-bond acceptors (Lipinski definition) is 8. The van der Waals surface area contributed by atoms with E-state index in [-0.39, 0.29) is 13.0 Å². The number of aliphatic hydroxyl groups excluding tert-OH is 1. The van der Waals surface area contributed by atoms with Gasteiger partial charge >= 0.3 is 17.9 Å². The molecule has 20 heavy (non-hydrogen) atoms. The maximum absolute atomic E-state index is 11.0. The molecule has 0 spiro atoms. The summed E-state index contributed by atoms with van der Waals surface area (Å²) in [6, 6.07) is 0. The summed E-state index contributed by atoms with van der Waals surface area (Å²) >= 11 is 0. The van der Waals surface area contributed by atoms with Crippen LogP contribution in [0.3, 0.4) is 0 Å². The van der Waals surface area contributed by atoms with Crippen LogP contribution >= 0.6 is 0 Å². The number of esters is 3. The van der Waals surface area contributed by atoms with Crippen LogP contribution < -0.4 is 0 Å². The third-order valence-electron chi connectivity index (χ3n) is 2.58. The summed E-state index contributed by atoms with van der Waals surface area (Å²) in [5.74, 6) is -1.69. The van der Waals surface area contributed by atoms with E-state index in [2.05, 4.69) is 0 Å². The largest absolute Gasteiger partial charge is 0.463 e. The monoisotopic (exact) mass is 290 g/mol. The number of rotatable bonds is 4. The molecule has 8 nitrogen and oxygen atoms in total. The van der Waals surface area contributed by atoms with Gasteiger partial charge in [0.15, 0.2) is 0 Å². The highest BCUT2D eigenvalue weighted by Crippen LogP contribution is 2.24. The first-order valence-corrected chi connectivity index (χ1v) is 6.11. The molecule has 0 aromatic carbocycles. The van der Waals surface area contributed by atoms with Gasteiger partial charge in [0.05, 0.1) is 6.42 Å². The Hall–Kier alpha value is -1.67. The van der Waals surface area contributed by atoms with Crippen molar-refractivity contribution in [2.24, 2.45) is 0 Å². The maximum Gasteiger partial charge on any atom is 0.304 e. The van der Waals surface area contributed by atoms with Crippen LogP contribution in [0.15, 0.2) is 0 Å². The van der Waals surface area contributed by atoms with E-state index in [0.29, 0.717) is 0 Å². The van der Waals surface area contributed by atoms with Gasteiger partial charge in [-0.25, -0.2) is 0 Å². The van der Waals surface area contributed by atoms with Gasteiger partial charge in [-0.2, -0.15) is 0 Å². The fourth-order valence-corrected chi connectivity index (χ4v) is 1.83. The predicted octanol–water partition coefficient (Wildman–Crippen LogP) is -0.480. The lowest BCUT2D eigenvalue weighted by Crippen LogP contribution is -2.52. The van der Waals surface area contributed by atoms with Gasteiger partial charge in [-0.05, 0) is 0 Å². The fraction of sp³-hybridized carbons (Fsp3) is 0.750. The molecule has 1 saturated heterocycles. The highest BCUT2D eigenvalue weighted by Gasteiger charge is 2.41. The van der Waals surface area contributed by atoms with Crippen LogP contribution in [-0.4, -0.2) is 54.2 Å². The van der Waals surface area contributed by atoms with E-state index in [1.54, 1.807) is 0 Å². The van der Waals surface area contributed by atoms with Crippen molar-refractivity contribution in [2.75, 3.05) is 6.61 Å². The van der Waals surface area contributed by atoms with Crippen molar-refractivity contribution in [2.45, 2.75) is 51.8 Å². The summed E-state index contributed by atoms with van der Waals surface area (Å²) in [6.07, 6.45) is -3.98. The second-order valence-electron chi connectivity index (χ2n) is 4.39. The van der Waals surface area contributed by atoms with Crippen LogP contribution in [-0.2, 0) is 33.3 Å². The van der Waals surface area contributed by atoms with Crippen LogP contribution in [0, 0.1) is 0 Å². The summed E-state index contributed by atoms with van der Waals surface area (Å²) < 4.78 is 19.9. The molecular formula is C12H18O8. The summed E-state index contributed by atoms with van der Waals surface area (Å²) in [5.41, 5.74) is 0. The van der Waals surface area contributed by atoms with Gasteiger partial charge in [-0.3, -0.25) is 14.4 Å². The van der Waals surface area contributed by atoms with Crippen LogP contribution in [0.1, 0.15) is 27.2 Å². The van der Waals surface area contributed by atoms with Crippen molar-refractivity contribution in [1.82, 2.24) is 0 Å². The van der Waals surface area contributed by atoms with E-state index in [1.807, 2.05) is 0 Å². The van der Waals surface area contributed by atoms with Crippen LogP contribution in [0.4, 0.5) is 0 Å². The molecule has 0 aliphatic carbocycles. The number of carbonyl (C=O) groups excluding carboxylic acids is 3. The van der Waals surface area contributed by atoms with E-state index in [4.69, 9.17) is 18.9 Å². The molecule has 4 atom stereocenters. The first kappa shape index (κ1) is 16.4. The van der Waals surface area contributed by atoms with Gasteiger partial charge in [-0.15, -0.1) is 0 Å². The quantitative estimate of drug-likeness (QED) is 0.546. The lowest BCUT2D eigenvalue weighted by molar-refractivity contribution is -0.255. The van der Waals surface area contributed by atoms with Gasteiger partial charge in [0.25, 0.3) is 0 Å².